The fourth-order valence-electron chi connectivity index (χ4n) is 0.971. The third-order valence-electron chi connectivity index (χ3n) is 1.99. The largest absolute Gasteiger partial charge is 0.345 e. The van der Waals surface area contributed by atoms with Gasteiger partial charge >= 0.3 is 0 Å². The van der Waals surface area contributed by atoms with Crippen LogP contribution in [-0.2, 0) is 4.79 Å². The van der Waals surface area contributed by atoms with E-state index < -0.39 is 0 Å². The minimum atomic E-state index is -0.267. The van der Waals surface area contributed by atoms with Gasteiger partial charge in [-0.25, -0.2) is 0 Å². The van der Waals surface area contributed by atoms with Gasteiger partial charge in [-0.1, -0.05) is 27.7 Å². The molecule has 17 heavy (non-hydrogen) atoms. The zero-order chi connectivity index (χ0) is 13.3. The Kier molecular flexibility index (Phi) is 7.59. The standard InChI is InChI=1S/C11H14N2O2.C2H6/c1-8(2)10(14)7-13-11(15)9-4-3-5-12-6-9;1-2/h3-6,8H,7H2,1-2H3,(H,13,15);1-2H3. The summed E-state index contributed by atoms with van der Waals surface area (Å²) in [6.45, 7) is 7.68. The van der Waals surface area contributed by atoms with Crippen LogP contribution in [0.3, 0.4) is 0 Å². The average Bonchev–Trinajstić information content (AvgIpc) is 2.38. The molecule has 1 N–H and O–H groups in total. The Hall–Kier alpha value is -1.71. The summed E-state index contributed by atoms with van der Waals surface area (Å²) in [5, 5.41) is 2.55. The number of nitrogens with zero attached hydrogens (tertiary/aromatic N) is 1. The van der Waals surface area contributed by atoms with E-state index in [1.807, 2.05) is 13.8 Å². The molecular formula is C13H20N2O2. The Bertz CT molecular complexity index is 348. The summed E-state index contributed by atoms with van der Waals surface area (Å²) >= 11 is 0. The van der Waals surface area contributed by atoms with Gasteiger partial charge in [0.25, 0.3) is 5.91 Å². The molecule has 4 heteroatoms. The van der Waals surface area contributed by atoms with Gasteiger partial charge in [0.15, 0.2) is 5.78 Å². The summed E-state index contributed by atoms with van der Waals surface area (Å²) in [6, 6.07) is 3.33. The molecule has 0 bridgehead atoms. The molecule has 0 aliphatic rings. The first-order chi connectivity index (χ1) is 8.11. The summed E-state index contributed by atoms with van der Waals surface area (Å²) in [6.07, 6.45) is 3.06. The summed E-state index contributed by atoms with van der Waals surface area (Å²) in [4.78, 5) is 26.5. The number of Topliss-reactive ketones (excluding diaryl/α,β-unsaturated/α-hetero) is 1. The van der Waals surface area contributed by atoms with E-state index in [9.17, 15) is 9.59 Å². The first kappa shape index (κ1) is 15.3. The molecule has 1 amide bonds. The van der Waals surface area contributed by atoms with Gasteiger partial charge in [0, 0.05) is 18.3 Å². The Balaban J connectivity index is 0.00000121. The van der Waals surface area contributed by atoms with Crippen LogP contribution in [0.2, 0.25) is 0 Å². The second-order valence-electron chi connectivity index (χ2n) is 3.55. The number of hydrogen-bond acceptors (Lipinski definition) is 3. The van der Waals surface area contributed by atoms with Crippen molar-refractivity contribution >= 4 is 11.7 Å². The molecule has 0 fully saturated rings. The lowest BCUT2D eigenvalue weighted by molar-refractivity contribution is -0.120. The van der Waals surface area contributed by atoms with Gasteiger partial charge in [-0.15, -0.1) is 0 Å². The SMILES string of the molecule is CC.CC(C)C(=O)CNC(=O)c1cccnc1. The fourth-order valence-corrected chi connectivity index (χ4v) is 0.971. The summed E-state index contributed by atoms with van der Waals surface area (Å²) < 4.78 is 0. The van der Waals surface area contributed by atoms with Crippen molar-refractivity contribution in [3.8, 4) is 0 Å². The molecule has 0 radical (unpaired) electrons. The lowest BCUT2D eigenvalue weighted by atomic mass is 10.1. The summed E-state index contributed by atoms with van der Waals surface area (Å²) in [5.74, 6) is -0.302. The maximum Gasteiger partial charge on any atom is 0.253 e. The Morgan fingerprint density at radius 1 is 1.35 bits per heavy atom. The molecule has 0 atom stereocenters. The quantitative estimate of drug-likeness (QED) is 0.870. The van der Waals surface area contributed by atoms with Crippen molar-refractivity contribution in [3.05, 3.63) is 30.1 Å². The molecular weight excluding hydrogens is 216 g/mol. The molecule has 1 aromatic heterocycles. The van der Waals surface area contributed by atoms with Crippen LogP contribution >= 0.6 is 0 Å². The highest BCUT2D eigenvalue weighted by Gasteiger charge is 2.10. The van der Waals surface area contributed by atoms with E-state index >= 15 is 0 Å². The van der Waals surface area contributed by atoms with E-state index in [1.165, 1.54) is 6.20 Å². The van der Waals surface area contributed by atoms with E-state index in [-0.39, 0.29) is 24.2 Å². The van der Waals surface area contributed by atoms with E-state index in [0.29, 0.717) is 5.56 Å². The van der Waals surface area contributed by atoms with E-state index in [2.05, 4.69) is 10.3 Å². The zero-order valence-corrected chi connectivity index (χ0v) is 10.9. The van der Waals surface area contributed by atoms with Crippen molar-refractivity contribution in [1.29, 1.82) is 0 Å². The maximum absolute atomic E-state index is 11.5. The smallest absolute Gasteiger partial charge is 0.253 e. The Morgan fingerprint density at radius 3 is 2.47 bits per heavy atom. The van der Waals surface area contributed by atoms with Crippen molar-refractivity contribution in [2.45, 2.75) is 27.7 Å². The highest BCUT2D eigenvalue weighted by molar-refractivity contribution is 5.96. The third-order valence-corrected chi connectivity index (χ3v) is 1.99. The lowest BCUT2D eigenvalue weighted by Crippen LogP contribution is -2.31. The fraction of sp³-hybridized carbons (Fsp3) is 0.462. The Morgan fingerprint density at radius 2 is 2.00 bits per heavy atom. The molecule has 0 unspecified atom stereocenters. The molecule has 0 saturated heterocycles. The number of ketones is 1. The molecule has 0 aliphatic heterocycles. The number of carbonyl (C=O) groups excluding carboxylic acids is 2. The van der Waals surface area contributed by atoms with Gasteiger partial charge < -0.3 is 5.32 Å². The number of aromatic nitrogens is 1. The molecule has 94 valence electrons. The van der Waals surface area contributed by atoms with Crippen LogP contribution < -0.4 is 5.32 Å². The van der Waals surface area contributed by atoms with Crippen molar-refractivity contribution in [2.75, 3.05) is 6.54 Å². The molecule has 1 heterocycles. The Labute approximate surface area is 102 Å². The number of pyridine rings is 1. The van der Waals surface area contributed by atoms with Gasteiger partial charge in [0.1, 0.15) is 0 Å². The van der Waals surface area contributed by atoms with E-state index in [4.69, 9.17) is 0 Å². The number of amides is 1. The number of hydrogen-bond donors (Lipinski definition) is 1. The van der Waals surface area contributed by atoms with Gasteiger partial charge in [-0.2, -0.15) is 0 Å². The first-order valence-electron chi connectivity index (χ1n) is 5.82. The predicted octanol–water partition coefficient (Wildman–Crippen LogP) is 2.06. The molecule has 0 aliphatic carbocycles. The van der Waals surface area contributed by atoms with Crippen LogP contribution in [0, 0.1) is 5.92 Å². The molecule has 1 aromatic rings. The second-order valence-corrected chi connectivity index (χ2v) is 3.55. The third kappa shape index (κ3) is 5.80. The maximum atomic E-state index is 11.5. The normalized spacial score (nSPS) is 9.24. The van der Waals surface area contributed by atoms with E-state index in [1.54, 1.807) is 32.2 Å². The van der Waals surface area contributed by atoms with Gasteiger partial charge in [-0.05, 0) is 12.1 Å². The number of rotatable bonds is 4. The van der Waals surface area contributed by atoms with Crippen molar-refractivity contribution < 1.29 is 9.59 Å². The van der Waals surface area contributed by atoms with Gasteiger partial charge in [0.05, 0.1) is 12.1 Å². The van der Waals surface area contributed by atoms with Gasteiger partial charge in [-0.3, -0.25) is 14.6 Å². The van der Waals surface area contributed by atoms with Crippen molar-refractivity contribution in [2.24, 2.45) is 5.92 Å². The first-order valence-corrected chi connectivity index (χ1v) is 5.82. The van der Waals surface area contributed by atoms with Crippen LogP contribution in [-0.4, -0.2) is 23.2 Å². The van der Waals surface area contributed by atoms with Crippen LogP contribution in [0.5, 0.6) is 0 Å². The van der Waals surface area contributed by atoms with Crippen LogP contribution in [0.25, 0.3) is 0 Å². The highest BCUT2D eigenvalue weighted by Crippen LogP contribution is 1.96. The zero-order valence-electron chi connectivity index (χ0n) is 10.9. The molecule has 0 aromatic carbocycles. The summed E-state index contributed by atoms with van der Waals surface area (Å²) in [7, 11) is 0. The van der Waals surface area contributed by atoms with E-state index in [0.717, 1.165) is 0 Å². The topological polar surface area (TPSA) is 59.1 Å². The highest BCUT2D eigenvalue weighted by atomic mass is 16.2. The summed E-state index contributed by atoms with van der Waals surface area (Å²) in [5.41, 5.74) is 0.467. The number of nitrogens with one attached hydrogen (secondary N) is 1. The molecule has 0 spiro atoms. The molecule has 1 rings (SSSR count). The molecule has 4 nitrogen and oxygen atoms in total. The average molecular weight is 236 g/mol. The lowest BCUT2D eigenvalue weighted by Gasteiger charge is -2.05. The number of carbonyl (C=O) groups is 2. The van der Waals surface area contributed by atoms with Crippen LogP contribution in [0.4, 0.5) is 0 Å². The predicted molar refractivity (Wildman–Crippen MR) is 67.8 cm³/mol. The van der Waals surface area contributed by atoms with Crippen LogP contribution in [0.1, 0.15) is 38.1 Å². The van der Waals surface area contributed by atoms with Crippen molar-refractivity contribution in [3.63, 3.8) is 0 Å². The van der Waals surface area contributed by atoms with Crippen molar-refractivity contribution in [1.82, 2.24) is 10.3 Å². The monoisotopic (exact) mass is 236 g/mol. The second kappa shape index (κ2) is 8.44. The minimum absolute atomic E-state index is 0.0206. The minimum Gasteiger partial charge on any atom is -0.345 e. The molecule has 0 saturated carbocycles. The van der Waals surface area contributed by atoms with Gasteiger partial charge in [0.2, 0.25) is 0 Å². The van der Waals surface area contributed by atoms with Crippen LogP contribution in [0.15, 0.2) is 24.5 Å².